The van der Waals surface area contributed by atoms with Gasteiger partial charge in [0.1, 0.15) is 4.90 Å². The number of sulfonamides is 1. The van der Waals surface area contributed by atoms with Gasteiger partial charge in [0.25, 0.3) is 15.9 Å². The van der Waals surface area contributed by atoms with Crippen molar-refractivity contribution >= 4 is 44.8 Å². The molecule has 2 rings (SSSR count). The number of rotatable bonds is 9. The van der Waals surface area contributed by atoms with E-state index in [0.29, 0.717) is 18.2 Å². The number of benzene rings is 2. The molecule has 0 bridgehead atoms. The summed E-state index contributed by atoms with van der Waals surface area (Å²) < 4.78 is 27.9. The maximum atomic E-state index is 13.4. The predicted octanol–water partition coefficient (Wildman–Crippen LogP) is 5.15. The number of hydrogen-bond donors (Lipinski definition) is 1. The molecule has 1 amide bonds. The van der Waals surface area contributed by atoms with E-state index in [-0.39, 0.29) is 33.0 Å². The summed E-state index contributed by atoms with van der Waals surface area (Å²) in [5, 5.41) is 3.09. The fraction of sp³-hybridized carbons (Fsp3) is 0.286. The summed E-state index contributed by atoms with van der Waals surface area (Å²) in [5.41, 5.74) is 0.520. The Hall–Kier alpha value is -2.02. The van der Waals surface area contributed by atoms with Gasteiger partial charge in [-0.15, -0.1) is 6.58 Å². The highest BCUT2D eigenvalue weighted by Gasteiger charge is 2.28. The van der Waals surface area contributed by atoms with E-state index in [2.05, 4.69) is 25.7 Å². The fourth-order valence-corrected chi connectivity index (χ4v) is 4.88. The molecule has 0 fully saturated rings. The molecule has 2 aromatic rings. The molecule has 1 N–H and O–H groups in total. The zero-order valence-corrected chi connectivity index (χ0v) is 18.7. The van der Waals surface area contributed by atoms with Crippen molar-refractivity contribution in [2.75, 3.05) is 17.4 Å². The Labute approximate surface area is 182 Å². The smallest absolute Gasteiger partial charge is 0.266 e. The lowest BCUT2D eigenvalue weighted by Crippen LogP contribution is -2.32. The van der Waals surface area contributed by atoms with E-state index >= 15 is 0 Å². The first-order valence-electron chi connectivity index (χ1n) is 9.14. The number of hydrogen-bond acceptors (Lipinski definition) is 3. The molecule has 0 saturated heterocycles. The first kappa shape index (κ1) is 23.3. The molecule has 2 aromatic carbocycles. The van der Waals surface area contributed by atoms with Gasteiger partial charge in [0.05, 0.1) is 22.3 Å². The molecule has 156 valence electrons. The van der Waals surface area contributed by atoms with Crippen LogP contribution in [0.2, 0.25) is 10.0 Å². The van der Waals surface area contributed by atoms with Crippen molar-refractivity contribution in [1.82, 2.24) is 5.32 Å². The van der Waals surface area contributed by atoms with Crippen molar-refractivity contribution in [2.45, 2.75) is 25.2 Å². The number of para-hydroxylation sites is 1. The van der Waals surface area contributed by atoms with E-state index in [4.69, 9.17) is 23.2 Å². The maximum absolute atomic E-state index is 13.4. The highest BCUT2D eigenvalue weighted by Crippen LogP contribution is 2.33. The lowest BCUT2D eigenvalue weighted by atomic mass is 10.1. The van der Waals surface area contributed by atoms with Gasteiger partial charge < -0.3 is 5.32 Å². The van der Waals surface area contributed by atoms with E-state index in [1.54, 1.807) is 24.3 Å². The third-order valence-electron chi connectivity index (χ3n) is 4.18. The van der Waals surface area contributed by atoms with Gasteiger partial charge in [-0.25, -0.2) is 8.42 Å². The standard InChI is InChI=1S/C21H24Cl2N2O3S/c1-4-13-25(19-8-6-5-7-17(19)22)29(27,28)20-14-16(9-10-18(20)23)21(26)24-12-11-15(2)3/h4-10,14-15H,1,11-13H2,2-3H3,(H,24,26). The lowest BCUT2D eigenvalue weighted by Gasteiger charge is -2.24. The van der Waals surface area contributed by atoms with Crippen molar-refractivity contribution < 1.29 is 13.2 Å². The first-order valence-corrected chi connectivity index (χ1v) is 11.3. The van der Waals surface area contributed by atoms with Crippen LogP contribution < -0.4 is 9.62 Å². The summed E-state index contributed by atoms with van der Waals surface area (Å²) in [5.74, 6) is 0.0892. The van der Waals surface area contributed by atoms with E-state index in [9.17, 15) is 13.2 Å². The van der Waals surface area contributed by atoms with Crippen molar-refractivity contribution in [2.24, 2.45) is 5.92 Å². The summed E-state index contributed by atoms with van der Waals surface area (Å²) in [7, 11) is -4.09. The number of anilines is 1. The van der Waals surface area contributed by atoms with Gasteiger partial charge in [-0.2, -0.15) is 0 Å². The molecule has 0 aliphatic rings. The Kier molecular flexibility index (Phi) is 8.14. The molecule has 0 unspecified atom stereocenters. The molecule has 0 aliphatic carbocycles. The van der Waals surface area contributed by atoms with Gasteiger partial charge in [0.15, 0.2) is 0 Å². The summed E-state index contributed by atoms with van der Waals surface area (Å²) in [4.78, 5) is 12.3. The zero-order valence-electron chi connectivity index (χ0n) is 16.4. The van der Waals surface area contributed by atoms with E-state index < -0.39 is 10.0 Å². The number of amides is 1. The van der Waals surface area contributed by atoms with Gasteiger partial charge in [0.2, 0.25) is 0 Å². The fourth-order valence-electron chi connectivity index (χ4n) is 2.63. The molecule has 5 nitrogen and oxygen atoms in total. The van der Waals surface area contributed by atoms with Gasteiger partial charge in [0, 0.05) is 12.1 Å². The topological polar surface area (TPSA) is 66.5 Å². The molecule has 0 saturated carbocycles. The number of carbonyl (C=O) groups excluding carboxylic acids is 1. The number of nitrogens with zero attached hydrogens (tertiary/aromatic N) is 1. The van der Waals surface area contributed by atoms with Crippen LogP contribution in [0.3, 0.4) is 0 Å². The minimum Gasteiger partial charge on any atom is -0.352 e. The molecule has 8 heteroatoms. The molecule has 29 heavy (non-hydrogen) atoms. The number of halogens is 2. The summed E-state index contributed by atoms with van der Waals surface area (Å²) in [6.07, 6.45) is 2.28. The zero-order chi connectivity index (χ0) is 21.6. The highest BCUT2D eigenvalue weighted by atomic mass is 35.5. The summed E-state index contributed by atoms with van der Waals surface area (Å²) in [6, 6.07) is 10.8. The molecule has 0 heterocycles. The van der Waals surface area contributed by atoms with Gasteiger partial charge >= 0.3 is 0 Å². The molecular formula is C21H24Cl2N2O3S. The van der Waals surface area contributed by atoms with Crippen LogP contribution in [0.4, 0.5) is 5.69 Å². The lowest BCUT2D eigenvalue weighted by molar-refractivity contribution is 0.0952. The molecule has 0 aromatic heterocycles. The maximum Gasteiger partial charge on any atom is 0.266 e. The normalized spacial score (nSPS) is 11.3. The Balaban J connectivity index is 2.43. The van der Waals surface area contributed by atoms with Crippen LogP contribution in [0.25, 0.3) is 0 Å². The van der Waals surface area contributed by atoms with Gasteiger partial charge in [-0.3, -0.25) is 9.10 Å². The van der Waals surface area contributed by atoms with Crippen LogP contribution >= 0.6 is 23.2 Å². The van der Waals surface area contributed by atoms with Crippen LogP contribution in [0, 0.1) is 5.92 Å². The average molecular weight is 455 g/mol. The monoisotopic (exact) mass is 454 g/mol. The summed E-state index contributed by atoms with van der Waals surface area (Å²) >= 11 is 12.4. The predicted molar refractivity (Wildman–Crippen MR) is 119 cm³/mol. The second kappa shape index (κ2) is 10.1. The second-order valence-corrected chi connectivity index (χ2v) is 9.50. The highest BCUT2D eigenvalue weighted by molar-refractivity contribution is 7.93. The molecule has 0 spiro atoms. The van der Waals surface area contributed by atoms with Crippen LogP contribution in [-0.4, -0.2) is 27.4 Å². The quantitative estimate of drug-likeness (QED) is 0.532. The Bertz CT molecular complexity index is 991. The van der Waals surface area contributed by atoms with Gasteiger partial charge in [-0.05, 0) is 42.7 Å². The Morgan fingerprint density at radius 3 is 2.48 bits per heavy atom. The van der Waals surface area contributed by atoms with E-state index in [1.807, 2.05) is 0 Å². The van der Waals surface area contributed by atoms with Crippen molar-refractivity contribution in [3.05, 3.63) is 70.7 Å². The molecular weight excluding hydrogens is 431 g/mol. The van der Waals surface area contributed by atoms with Crippen LogP contribution in [-0.2, 0) is 10.0 Å². The molecule has 0 atom stereocenters. The number of nitrogens with one attached hydrogen (secondary N) is 1. The first-order chi connectivity index (χ1) is 13.7. The minimum atomic E-state index is -4.09. The largest absolute Gasteiger partial charge is 0.352 e. The Morgan fingerprint density at radius 2 is 1.86 bits per heavy atom. The second-order valence-electron chi connectivity index (χ2n) is 6.86. The van der Waals surface area contributed by atoms with Gasteiger partial charge in [-0.1, -0.05) is 55.3 Å². The Morgan fingerprint density at radius 1 is 1.17 bits per heavy atom. The van der Waals surface area contributed by atoms with E-state index in [0.717, 1.165) is 10.7 Å². The van der Waals surface area contributed by atoms with E-state index in [1.165, 1.54) is 24.3 Å². The molecule has 0 radical (unpaired) electrons. The van der Waals surface area contributed by atoms with Crippen LogP contribution in [0.15, 0.2) is 60.0 Å². The van der Waals surface area contributed by atoms with Crippen molar-refractivity contribution in [3.8, 4) is 0 Å². The number of carbonyl (C=O) groups is 1. The van der Waals surface area contributed by atoms with Crippen LogP contribution in [0.1, 0.15) is 30.6 Å². The minimum absolute atomic E-state index is 0.00674. The third kappa shape index (κ3) is 5.75. The average Bonchev–Trinajstić information content (AvgIpc) is 2.66. The van der Waals surface area contributed by atoms with Crippen LogP contribution in [0.5, 0.6) is 0 Å². The SMILES string of the molecule is C=CCN(c1ccccc1Cl)S(=O)(=O)c1cc(C(=O)NCCC(C)C)ccc1Cl. The van der Waals surface area contributed by atoms with Crippen molar-refractivity contribution in [3.63, 3.8) is 0 Å². The van der Waals surface area contributed by atoms with Crippen molar-refractivity contribution in [1.29, 1.82) is 0 Å². The molecule has 0 aliphatic heterocycles. The summed E-state index contributed by atoms with van der Waals surface area (Å²) in [6.45, 7) is 8.24. The third-order valence-corrected chi connectivity index (χ3v) is 6.77.